The van der Waals surface area contributed by atoms with Crippen molar-refractivity contribution in [1.29, 1.82) is 0 Å². The largest absolute Gasteiger partial charge is 0.282 e. The van der Waals surface area contributed by atoms with E-state index in [4.69, 9.17) is 0 Å². The molecule has 0 unspecified atom stereocenters. The van der Waals surface area contributed by atoms with Gasteiger partial charge in [-0.05, 0) is 50.1 Å². The number of hydrogen-bond acceptors (Lipinski definition) is 2. The summed E-state index contributed by atoms with van der Waals surface area (Å²) in [5, 5.41) is 3.95. The fraction of sp³-hybridized carbons (Fsp3) is 0.0909. The van der Waals surface area contributed by atoms with Gasteiger partial charge in [-0.15, -0.1) is 0 Å². The second kappa shape index (κ2) is 5.63. The molecule has 1 aromatic heterocycles. The molecule has 2 aromatic rings. The zero-order chi connectivity index (χ0) is 13.3. The molecule has 0 saturated carbocycles. The number of aromatic nitrogens is 2. The Morgan fingerprint density at radius 1 is 1.28 bits per heavy atom. The van der Waals surface area contributed by atoms with Crippen LogP contribution in [0.2, 0.25) is 0 Å². The lowest BCUT2D eigenvalue weighted by Crippen LogP contribution is -2.24. The quantitative estimate of drug-likeness (QED) is 0.713. The number of halogens is 4. The Labute approximate surface area is 127 Å². The summed E-state index contributed by atoms with van der Waals surface area (Å²) in [6.45, 7) is 0.0794. The lowest BCUT2D eigenvalue weighted by Gasteiger charge is -2.07. The van der Waals surface area contributed by atoms with Crippen molar-refractivity contribution in [3.63, 3.8) is 0 Å². The van der Waals surface area contributed by atoms with Crippen LogP contribution >= 0.6 is 47.8 Å². The van der Waals surface area contributed by atoms with Crippen LogP contribution in [-0.2, 0) is 6.54 Å². The fourth-order valence-electron chi connectivity index (χ4n) is 1.38. The van der Waals surface area contributed by atoms with Gasteiger partial charge in [-0.1, -0.05) is 15.9 Å². The highest BCUT2D eigenvalue weighted by Crippen LogP contribution is 2.18. The fourth-order valence-corrected chi connectivity index (χ4v) is 2.36. The number of hydrogen-bond donors (Lipinski definition) is 0. The van der Waals surface area contributed by atoms with Gasteiger partial charge in [-0.2, -0.15) is 5.10 Å². The number of rotatable bonds is 2. The van der Waals surface area contributed by atoms with Crippen LogP contribution in [0, 0.1) is 5.82 Å². The predicted octanol–water partition coefficient (Wildman–Crippen LogP) is 3.72. The summed E-state index contributed by atoms with van der Waals surface area (Å²) in [4.78, 5) is 11.9. The summed E-state index contributed by atoms with van der Waals surface area (Å²) in [6.07, 6.45) is 1.49. The number of benzene rings is 1. The minimum Gasteiger partial charge on any atom is -0.266 e. The van der Waals surface area contributed by atoms with E-state index in [1.165, 1.54) is 16.9 Å². The van der Waals surface area contributed by atoms with E-state index in [1.807, 2.05) is 0 Å². The maximum Gasteiger partial charge on any atom is 0.282 e. The van der Waals surface area contributed by atoms with Gasteiger partial charge < -0.3 is 0 Å². The molecule has 0 saturated heterocycles. The Hall–Kier alpha value is -0.530. The van der Waals surface area contributed by atoms with Crippen LogP contribution < -0.4 is 5.56 Å². The third-order valence-electron chi connectivity index (χ3n) is 2.27. The summed E-state index contributed by atoms with van der Waals surface area (Å²) in [5.41, 5.74) is 0.0805. The summed E-state index contributed by atoms with van der Waals surface area (Å²) < 4.78 is 16.5. The number of nitrogens with zero attached hydrogens (tertiary/aromatic N) is 2. The highest BCUT2D eigenvalue weighted by atomic mass is 79.9. The van der Waals surface area contributed by atoms with Gasteiger partial charge in [-0.25, -0.2) is 9.07 Å². The molecular formula is C11H6Br3FN2O. The molecule has 0 aliphatic rings. The van der Waals surface area contributed by atoms with E-state index in [0.717, 1.165) is 4.47 Å². The molecule has 1 aromatic carbocycles. The normalized spacial score (nSPS) is 10.7. The van der Waals surface area contributed by atoms with Crippen LogP contribution in [0.3, 0.4) is 0 Å². The maximum atomic E-state index is 13.6. The predicted molar refractivity (Wildman–Crippen MR) is 77.1 cm³/mol. The van der Waals surface area contributed by atoms with Crippen LogP contribution in [0.4, 0.5) is 4.39 Å². The second-order valence-corrected chi connectivity index (χ2v) is 6.07. The molecular weight excluding hydrogens is 435 g/mol. The molecule has 0 N–H and O–H groups in total. The molecule has 18 heavy (non-hydrogen) atoms. The van der Waals surface area contributed by atoms with Gasteiger partial charge in [0.05, 0.1) is 17.2 Å². The van der Waals surface area contributed by atoms with Crippen molar-refractivity contribution < 1.29 is 4.39 Å². The molecule has 0 atom stereocenters. The van der Waals surface area contributed by atoms with Crippen LogP contribution in [0.5, 0.6) is 0 Å². The van der Waals surface area contributed by atoms with E-state index in [1.54, 1.807) is 12.1 Å². The molecule has 0 fully saturated rings. The monoisotopic (exact) mass is 438 g/mol. The van der Waals surface area contributed by atoms with Crippen molar-refractivity contribution in [1.82, 2.24) is 9.78 Å². The average molecular weight is 441 g/mol. The van der Waals surface area contributed by atoms with Gasteiger partial charge in [0.15, 0.2) is 0 Å². The van der Waals surface area contributed by atoms with Crippen LogP contribution in [0.1, 0.15) is 5.56 Å². The SMILES string of the molecule is O=c1c(Br)c(Br)cnn1Cc1cc(Br)ccc1F. The Morgan fingerprint density at radius 3 is 2.72 bits per heavy atom. The van der Waals surface area contributed by atoms with Gasteiger partial charge >= 0.3 is 0 Å². The summed E-state index contributed by atoms with van der Waals surface area (Å²) >= 11 is 9.60. The zero-order valence-corrected chi connectivity index (χ0v) is 13.6. The molecule has 0 bridgehead atoms. The van der Waals surface area contributed by atoms with Gasteiger partial charge in [0, 0.05) is 10.0 Å². The van der Waals surface area contributed by atoms with E-state index >= 15 is 0 Å². The molecule has 0 aliphatic carbocycles. The van der Waals surface area contributed by atoms with Crippen molar-refractivity contribution in [2.45, 2.75) is 6.54 Å². The van der Waals surface area contributed by atoms with Crippen molar-refractivity contribution in [2.75, 3.05) is 0 Å². The van der Waals surface area contributed by atoms with E-state index in [9.17, 15) is 9.18 Å². The topological polar surface area (TPSA) is 34.9 Å². The van der Waals surface area contributed by atoms with Gasteiger partial charge in [0.25, 0.3) is 5.56 Å². The molecule has 0 spiro atoms. The first-order valence-electron chi connectivity index (χ1n) is 4.84. The van der Waals surface area contributed by atoms with Crippen LogP contribution in [0.25, 0.3) is 0 Å². The first-order chi connectivity index (χ1) is 8.49. The summed E-state index contributed by atoms with van der Waals surface area (Å²) in [6, 6.07) is 4.57. The Morgan fingerprint density at radius 2 is 2.00 bits per heavy atom. The standard InChI is InChI=1S/C11H6Br3FN2O/c12-7-1-2-9(15)6(3-7)5-17-11(18)10(14)8(13)4-16-17/h1-4H,5H2. The highest BCUT2D eigenvalue weighted by Gasteiger charge is 2.09. The lowest BCUT2D eigenvalue weighted by molar-refractivity contribution is 0.570. The smallest absolute Gasteiger partial charge is 0.266 e. The summed E-state index contributed by atoms with van der Waals surface area (Å²) in [5.74, 6) is -0.369. The van der Waals surface area contributed by atoms with Crippen molar-refractivity contribution in [3.8, 4) is 0 Å². The van der Waals surface area contributed by atoms with E-state index < -0.39 is 0 Å². The Balaban J connectivity index is 2.44. The lowest BCUT2D eigenvalue weighted by atomic mass is 10.2. The summed E-state index contributed by atoms with van der Waals surface area (Å²) in [7, 11) is 0. The molecule has 94 valence electrons. The minimum absolute atomic E-state index is 0.0794. The van der Waals surface area contributed by atoms with E-state index in [2.05, 4.69) is 52.9 Å². The molecule has 0 aliphatic heterocycles. The highest BCUT2D eigenvalue weighted by molar-refractivity contribution is 9.13. The average Bonchev–Trinajstić information content (AvgIpc) is 2.34. The molecule has 0 amide bonds. The molecule has 3 nitrogen and oxygen atoms in total. The second-order valence-electron chi connectivity index (χ2n) is 3.51. The van der Waals surface area contributed by atoms with Crippen LogP contribution in [0.15, 0.2) is 42.6 Å². The Kier molecular flexibility index (Phi) is 4.34. The van der Waals surface area contributed by atoms with Crippen LogP contribution in [-0.4, -0.2) is 9.78 Å². The zero-order valence-electron chi connectivity index (χ0n) is 8.83. The van der Waals surface area contributed by atoms with E-state index in [0.29, 0.717) is 14.5 Å². The molecule has 1 heterocycles. The molecule has 7 heteroatoms. The van der Waals surface area contributed by atoms with E-state index in [-0.39, 0.29) is 17.9 Å². The van der Waals surface area contributed by atoms with Crippen molar-refractivity contribution in [2.24, 2.45) is 0 Å². The van der Waals surface area contributed by atoms with Gasteiger partial charge in [-0.3, -0.25) is 4.79 Å². The first-order valence-corrected chi connectivity index (χ1v) is 7.22. The third kappa shape index (κ3) is 2.89. The minimum atomic E-state index is -0.369. The molecule has 0 radical (unpaired) electrons. The maximum absolute atomic E-state index is 13.6. The van der Waals surface area contributed by atoms with Crippen molar-refractivity contribution >= 4 is 47.8 Å². The van der Waals surface area contributed by atoms with Gasteiger partial charge in [0.1, 0.15) is 10.3 Å². The van der Waals surface area contributed by atoms with Crippen molar-refractivity contribution in [3.05, 3.63) is 59.5 Å². The Bertz CT molecular complexity index is 657. The third-order valence-corrected chi connectivity index (χ3v) is 4.66. The first kappa shape index (κ1) is 13.9. The molecule has 2 rings (SSSR count). The van der Waals surface area contributed by atoms with Gasteiger partial charge in [0.2, 0.25) is 0 Å².